The first kappa shape index (κ1) is 12.0. The van der Waals surface area contributed by atoms with Gasteiger partial charge in [-0.25, -0.2) is 0 Å². The topological polar surface area (TPSA) is 12.5 Å². The van der Waals surface area contributed by atoms with Crippen molar-refractivity contribution in [1.29, 1.82) is 0 Å². The predicted molar refractivity (Wildman–Crippen MR) is 60.5 cm³/mol. The van der Waals surface area contributed by atoms with Gasteiger partial charge in [-0.2, -0.15) is 0 Å². The highest BCUT2D eigenvalue weighted by Gasteiger charge is 2.25. The lowest BCUT2D eigenvalue weighted by molar-refractivity contribution is 0.00535. The van der Waals surface area contributed by atoms with Crippen molar-refractivity contribution in [2.75, 3.05) is 26.7 Å². The zero-order valence-electron chi connectivity index (χ0n) is 10.2. The van der Waals surface area contributed by atoms with Crippen LogP contribution in [0.1, 0.15) is 40.0 Å². The van der Waals surface area contributed by atoms with E-state index < -0.39 is 0 Å². The van der Waals surface area contributed by atoms with Crippen LogP contribution in [0.3, 0.4) is 0 Å². The van der Waals surface area contributed by atoms with Crippen LogP contribution in [0.2, 0.25) is 0 Å². The van der Waals surface area contributed by atoms with Crippen molar-refractivity contribution < 1.29 is 4.74 Å². The number of ether oxygens (including phenoxy) is 1. The van der Waals surface area contributed by atoms with Crippen molar-refractivity contribution in [3.05, 3.63) is 0 Å². The molecular weight excluding hydrogens is 174 g/mol. The van der Waals surface area contributed by atoms with Gasteiger partial charge in [0.2, 0.25) is 0 Å². The molecule has 0 aromatic carbocycles. The highest BCUT2D eigenvalue weighted by molar-refractivity contribution is 4.76. The Morgan fingerprint density at radius 1 is 1.21 bits per heavy atom. The molecule has 84 valence electrons. The number of hydrogen-bond donors (Lipinski definition) is 0. The van der Waals surface area contributed by atoms with Crippen molar-refractivity contribution in [3.8, 4) is 0 Å². The van der Waals surface area contributed by atoms with Gasteiger partial charge < -0.3 is 9.64 Å². The van der Waals surface area contributed by atoms with E-state index in [-0.39, 0.29) is 5.41 Å². The number of hydrogen-bond acceptors (Lipinski definition) is 2. The molecule has 1 fully saturated rings. The number of rotatable bonds is 4. The standard InChI is InChI=1S/C12H25NO/c1-12(2,3)11(14-4)7-10-13-8-5-6-9-13/h11H,5-10H2,1-4H3. The zero-order valence-corrected chi connectivity index (χ0v) is 10.2. The SMILES string of the molecule is COC(CCN1CCCC1)C(C)(C)C. The van der Waals surface area contributed by atoms with Crippen LogP contribution in [-0.2, 0) is 4.74 Å². The van der Waals surface area contributed by atoms with Crippen LogP contribution in [0.4, 0.5) is 0 Å². The van der Waals surface area contributed by atoms with Crippen LogP contribution in [0.15, 0.2) is 0 Å². The predicted octanol–water partition coefficient (Wildman–Crippen LogP) is 2.53. The summed E-state index contributed by atoms with van der Waals surface area (Å²) in [5.74, 6) is 0. The second-order valence-corrected chi connectivity index (χ2v) is 5.43. The summed E-state index contributed by atoms with van der Waals surface area (Å²) in [4.78, 5) is 2.55. The average molecular weight is 199 g/mol. The summed E-state index contributed by atoms with van der Waals surface area (Å²) in [6, 6.07) is 0. The van der Waals surface area contributed by atoms with Gasteiger partial charge in [0.15, 0.2) is 0 Å². The molecule has 1 aliphatic heterocycles. The highest BCUT2D eigenvalue weighted by Crippen LogP contribution is 2.24. The summed E-state index contributed by atoms with van der Waals surface area (Å²) in [7, 11) is 1.83. The third-order valence-corrected chi connectivity index (χ3v) is 3.16. The van der Waals surface area contributed by atoms with Gasteiger partial charge in [0.1, 0.15) is 0 Å². The van der Waals surface area contributed by atoms with Crippen molar-refractivity contribution in [1.82, 2.24) is 4.90 Å². The van der Waals surface area contributed by atoms with E-state index in [0.717, 1.165) is 0 Å². The fourth-order valence-corrected chi connectivity index (χ4v) is 2.21. The van der Waals surface area contributed by atoms with Crippen LogP contribution < -0.4 is 0 Å². The van der Waals surface area contributed by atoms with Crippen LogP contribution in [0.5, 0.6) is 0 Å². The third kappa shape index (κ3) is 3.58. The van der Waals surface area contributed by atoms with Gasteiger partial charge >= 0.3 is 0 Å². The summed E-state index contributed by atoms with van der Waals surface area (Å²) in [5.41, 5.74) is 0.272. The van der Waals surface area contributed by atoms with Gasteiger partial charge in [-0.15, -0.1) is 0 Å². The lowest BCUT2D eigenvalue weighted by atomic mass is 9.87. The number of methoxy groups -OCH3 is 1. The molecule has 0 saturated carbocycles. The molecule has 0 spiro atoms. The number of nitrogens with zero attached hydrogens (tertiary/aromatic N) is 1. The summed E-state index contributed by atoms with van der Waals surface area (Å²) in [6.07, 6.45) is 4.32. The molecule has 0 aromatic rings. The molecule has 0 radical (unpaired) electrons. The normalized spacial score (nSPS) is 21.4. The molecule has 2 heteroatoms. The molecule has 1 unspecified atom stereocenters. The zero-order chi connectivity index (χ0) is 10.6. The van der Waals surface area contributed by atoms with Crippen molar-refractivity contribution >= 4 is 0 Å². The summed E-state index contributed by atoms with van der Waals surface area (Å²) in [5, 5.41) is 0. The van der Waals surface area contributed by atoms with Crippen LogP contribution in [0.25, 0.3) is 0 Å². The molecule has 1 aliphatic rings. The molecule has 1 rings (SSSR count). The smallest absolute Gasteiger partial charge is 0.0631 e. The van der Waals surface area contributed by atoms with Gasteiger partial charge in [0.05, 0.1) is 6.10 Å². The van der Waals surface area contributed by atoms with Crippen molar-refractivity contribution in [3.63, 3.8) is 0 Å². The van der Waals surface area contributed by atoms with E-state index in [0.29, 0.717) is 6.10 Å². The summed E-state index contributed by atoms with van der Waals surface area (Å²) < 4.78 is 5.55. The quantitative estimate of drug-likeness (QED) is 0.690. The third-order valence-electron chi connectivity index (χ3n) is 3.16. The monoisotopic (exact) mass is 199 g/mol. The van der Waals surface area contributed by atoms with Gasteiger partial charge in [-0.3, -0.25) is 0 Å². The molecule has 1 saturated heterocycles. The first-order chi connectivity index (χ1) is 6.54. The van der Waals surface area contributed by atoms with Crippen molar-refractivity contribution in [2.24, 2.45) is 5.41 Å². The molecule has 0 N–H and O–H groups in total. The van der Waals surface area contributed by atoms with Crippen LogP contribution >= 0.6 is 0 Å². The molecule has 2 nitrogen and oxygen atoms in total. The minimum atomic E-state index is 0.272. The van der Waals surface area contributed by atoms with E-state index in [9.17, 15) is 0 Å². The van der Waals surface area contributed by atoms with Gasteiger partial charge in [0.25, 0.3) is 0 Å². The fraction of sp³-hybridized carbons (Fsp3) is 1.00. The maximum atomic E-state index is 5.55. The first-order valence-electron chi connectivity index (χ1n) is 5.79. The Balaban J connectivity index is 2.26. The molecule has 0 aromatic heterocycles. The Kier molecular flexibility index (Phi) is 4.39. The van der Waals surface area contributed by atoms with Gasteiger partial charge in [-0.1, -0.05) is 20.8 Å². The molecule has 14 heavy (non-hydrogen) atoms. The van der Waals surface area contributed by atoms with E-state index in [4.69, 9.17) is 4.74 Å². The average Bonchev–Trinajstić information content (AvgIpc) is 2.55. The van der Waals surface area contributed by atoms with E-state index in [2.05, 4.69) is 25.7 Å². The highest BCUT2D eigenvalue weighted by atomic mass is 16.5. The van der Waals surface area contributed by atoms with Crippen LogP contribution in [0, 0.1) is 5.41 Å². The minimum absolute atomic E-state index is 0.272. The van der Waals surface area contributed by atoms with E-state index >= 15 is 0 Å². The Labute approximate surface area is 88.6 Å². The fourth-order valence-electron chi connectivity index (χ4n) is 2.21. The Hall–Kier alpha value is -0.0800. The van der Waals surface area contributed by atoms with Crippen LogP contribution in [-0.4, -0.2) is 37.7 Å². The van der Waals surface area contributed by atoms with E-state index in [1.165, 1.54) is 38.9 Å². The summed E-state index contributed by atoms with van der Waals surface area (Å²) >= 11 is 0. The number of likely N-dealkylation sites (tertiary alicyclic amines) is 1. The molecule has 0 aliphatic carbocycles. The largest absolute Gasteiger partial charge is 0.381 e. The van der Waals surface area contributed by atoms with Gasteiger partial charge in [0, 0.05) is 13.7 Å². The molecule has 1 atom stereocenters. The van der Waals surface area contributed by atoms with E-state index in [1.54, 1.807) is 0 Å². The maximum Gasteiger partial charge on any atom is 0.0631 e. The molecule has 1 heterocycles. The maximum absolute atomic E-state index is 5.55. The second-order valence-electron chi connectivity index (χ2n) is 5.43. The lowest BCUT2D eigenvalue weighted by Gasteiger charge is -2.30. The minimum Gasteiger partial charge on any atom is -0.381 e. The lowest BCUT2D eigenvalue weighted by Crippen LogP contribution is -2.33. The second kappa shape index (κ2) is 5.13. The van der Waals surface area contributed by atoms with Crippen molar-refractivity contribution in [2.45, 2.75) is 46.1 Å². The Morgan fingerprint density at radius 2 is 1.79 bits per heavy atom. The molecule has 0 bridgehead atoms. The first-order valence-corrected chi connectivity index (χ1v) is 5.79. The molecular formula is C12H25NO. The molecule has 0 amide bonds. The van der Waals surface area contributed by atoms with E-state index in [1.807, 2.05) is 7.11 Å². The Morgan fingerprint density at radius 3 is 2.21 bits per heavy atom. The Bertz CT molecular complexity index is 156. The summed E-state index contributed by atoms with van der Waals surface area (Å²) in [6.45, 7) is 10.6. The van der Waals surface area contributed by atoms with Gasteiger partial charge in [-0.05, 0) is 37.8 Å².